The van der Waals surface area contributed by atoms with Crippen molar-refractivity contribution in [2.24, 2.45) is 5.92 Å². The van der Waals surface area contributed by atoms with E-state index in [0.717, 1.165) is 30.7 Å². The Kier molecular flexibility index (Phi) is 7.45. The summed E-state index contributed by atoms with van der Waals surface area (Å²) in [5.41, 5.74) is 2.58. The predicted octanol–water partition coefficient (Wildman–Crippen LogP) is 4.95. The third kappa shape index (κ3) is 5.97. The van der Waals surface area contributed by atoms with Gasteiger partial charge in [-0.2, -0.15) is 8.42 Å². The molecule has 228 valence electrons. The number of fused-ring (bicyclic) bond motifs is 6. The lowest BCUT2D eigenvalue weighted by atomic mass is 9.90. The Hall–Kier alpha value is -3.57. The Morgan fingerprint density at radius 1 is 1.05 bits per heavy atom. The van der Waals surface area contributed by atoms with Crippen LogP contribution in [-0.2, 0) is 20.2 Å². The molecule has 0 spiro atoms. The highest BCUT2D eigenvalue weighted by Gasteiger charge is 2.41. The maximum atomic E-state index is 13.6. The minimum absolute atomic E-state index is 0.193. The van der Waals surface area contributed by atoms with Gasteiger partial charge in [0.2, 0.25) is 0 Å². The Labute approximate surface area is 253 Å². The molecular weight excluding hydrogens is 564 g/mol. The van der Waals surface area contributed by atoms with Crippen LogP contribution in [0.1, 0.15) is 93.2 Å². The van der Waals surface area contributed by atoms with Gasteiger partial charge < -0.3 is 15.0 Å². The molecule has 3 aromatic rings. The summed E-state index contributed by atoms with van der Waals surface area (Å²) in [5, 5.41) is 3.23. The van der Waals surface area contributed by atoms with Crippen LogP contribution in [0.5, 0.6) is 0 Å². The van der Waals surface area contributed by atoms with E-state index in [2.05, 4.69) is 60.6 Å². The number of amides is 1. The summed E-state index contributed by atoms with van der Waals surface area (Å²) in [7, 11) is -4.27. The first kappa shape index (κ1) is 29.5. The standard InChI is InChI=1S/C32H40N6O4S/c1-31(2,3)26-12-10-23-29(35-26)38-17-20(16-32(38,4)5)9-11-24(25-15-21(13-14-33-25)22-18-42-19-22)34-27-7-6-8-28(36-27)43(40,41)37-30(23)39/h6-8,10,12-15,20,22,24H,9,11,16-19H2,1-5H3,(H,34,36)(H,37,39)/t20-,24?/m0/s1. The normalized spacial score (nSPS) is 23.7. The Morgan fingerprint density at radius 3 is 2.56 bits per heavy atom. The van der Waals surface area contributed by atoms with Crippen molar-refractivity contribution in [2.75, 3.05) is 30.0 Å². The molecule has 1 amide bonds. The van der Waals surface area contributed by atoms with Crippen LogP contribution in [0, 0.1) is 5.92 Å². The zero-order valence-electron chi connectivity index (χ0n) is 25.4. The number of carbonyl (C=O) groups excluding carboxylic acids is 1. The highest BCUT2D eigenvalue weighted by Crippen LogP contribution is 2.41. The number of ether oxygens (including phenoxy) is 1. The molecule has 43 heavy (non-hydrogen) atoms. The van der Waals surface area contributed by atoms with Gasteiger partial charge in [0.25, 0.3) is 15.9 Å². The second-order valence-corrected chi connectivity index (χ2v) is 15.3. The molecule has 6 rings (SSSR count). The number of rotatable bonds is 2. The fourth-order valence-corrected chi connectivity index (χ4v) is 7.22. The van der Waals surface area contributed by atoms with Crippen LogP contribution >= 0.6 is 0 Å². The van der Waals surface area contributed by atoms with Gasteiger partial charge in [0, 0.05) is 35.3 Å². The van der Waals surface area contributed by atoms with Gasteiger partial charge in [-0.1, -0.05) is 26.8 Å². The lowest BCUT2D eigenvalue weighted by Crippen LogP contribution is -2.41. The lowest BCUT2D eigenvalue weighted by molar-refractivity contribution is 0.00835. The summed E-state index contributed by atoms with van der Waals surface area (Å²) in [6.07, 6.45) is 4.40. The molecule has 4 bridgehead atoms. The number of anilines is 2. The summed E-state index contributed by atoms with van der Waals surface area (Å²) in [5.74, 6) is 0.868. The SMILES string of the molecule is CC(C)(C)c1ccc2c(n1)N1C[C@@H](CCC(c3cc(C4COC4)ccn3)Nc3cccc(n3)S(=O)(=O)NC2=O)CC1(C)C. The van der Waals surface area contributed by atoms with Crippen molar-refractivity contribution < 1.29 is 17.9 Å². The van der Waals surface area contributed by atoms with Crippen LogP contribution in [0.25, 0.3) is 0 Å². The first-order valence-corrected chi connectivity index (χ1v) is 16.4. The number of pyridine rings is 3. The minimum Gasteiger partial charge on any atom is -0.380 e. The van der Waals surface area contributed by atoms with Crippen molar-refractivity contribution in [3.05, 3.63) is 71.2 Å². The Bertz CT molecular complexity index is 1650. The number of hydrogen-bond acceptors (Lipinski definition) is 9. The van der Waals surface area contributed by atoms with Crippen LogP contribution in [0.2, 0.25) is 0 Å². The second kappa shape index (κ2) is 10.9. The van der Waals surface area contributed by atoms with Crippen LogP contribution < -0.4 is 14.9 Å². The van der Waals surface area contributed by atoms with E-state index in [4.69, 9.17) is 14.7 Å². The van der Waals surface area contributed by atoms with Gasteiger partial charge in [0.15, 0.2) is 5.03 Å². The van der Waals surface area contributed by atoms with Crippen LogP contribution in [0.4, 0.5) is 11.6 Å². The van der Waals surface area contributed by atoms with Gasteiger partial charge in [-0.05, 0) is 81.0 Å². The van der Waals surface area contributed by atoms with E-state index in [-0.39, 0.29) is 27.6 Å². The molecule has 2 fully saturated rings. The van der Waals surface area contributed by atoms with Crippen molar-refractivity contribution in [1.82, 2.24) is 19.7 Å². The van der Waals surface area contributed by atoms with Gasteiger partial charge in [-0.15, -0.1) is 0 Å². The van der Waals surface area contributed by atoms with E-state index in [1.54, 1.807) is 18.2 Å². The maximum absolute atomic E-state index is 13.6. The Balaban J connectivity index is 1.43. The van der Waals surface area contributed by atoms with E-state index >= 15 is 0 Å². The molecule has 2 saturated heterocycles. The molecule has 0 radical (unpaired) electrons. The highest BCUT2D eigenvalue weighted by atomic mass is 32.2. The third-order valence-corrected chi connectivity index (χ3v) is 10.0. The largest absolute Gasteiger partial charge is 0.380 e. The number of aromatic nitrogens is 3. The number of nitrogens with zero attached hydrogens (tertiary/aromatic N) is 4. The molecule has 0 aliphatic carbocycles. The first-order valence-electron chi connectivity index (χ1n) is 14.9. The van der Waals surface area contributed by atoms with E-state index in [9.17, 15) is 13.2 Å². The summed E-state index contributed by atoms with van der Waals surface area (Å²) >= 11 is 0. The summed E-state index contributed by atoms with van der Waals surface area (Å²) in [6.45, 7) is 12.7. The molecule has 3 aliphatic heterocycles. The maximum Gasteiger partial charge on any atom is 0.281 e. The monoisotopic (exact) mass is 604 g/mol. The zero-order valence-corrected chi connectivity index (χ0v) is 26.2. The molecule has 0 aromatic carbocycles. The highest BCUT2D eigenvalue weighted by molar-refractivity contribution is 7.90. The average Bonchev–Trinajstić information content (AvgIpc) is 3.22. The van der Waals surface area contributed by atoms with Gasteiger partial charge in [0.05, 0.1) is 30.5 Å². The molecule has 3 aliphatic rings. The molecular formula is C32H40N6O4S. The third-order valence-electron chi connectivity index (χ3n) is 8.79. The van der Waals surface area contributed by atoms with Crippen molar-refractivity contribution in [1.29, 1.82) is 0 Å². The smallest absolute Gasteiger partial charge is 0.281 e. The van der Waals surface area contributed by atoms with Crippen molar-refractivity contribution in [3.63, 3.8) is 0 Å². The zero-order chi connectivity index (χ0) is 30.6. The number of sulfonamides is 1. The van der Waals surface area contributed by atoms with Gasteiger partial charge in [0.1, 0.15) is 11.6 Å². The topological polar surface area (TPSA) is 126 Å². The quantitative estimate of drug-likeness (QED) is 0.418. The fourth-order valence-electron chi connectivity index (χ4n) is 6.29. The van der Waals surface area contributed by atoms with Crippen molar-refractivity contribution in [2.45, 2.75) is 81.8 Å². The van der Waals surface area contributed by atoms with Crippen LogP contribution in [0.3, 0.4) is 0 Å². The van der Waals surface area contributed by atoms with Gasteiger partial charge >= 0.3 is 0 Å². The molecule has 11 heteroatoms. The van der Waals surface area contributed by atoms with E-state index in [1.807, 2.05) is 18.3 Å². The van der Waals surface area contributed by atoms with Crippen molar-refractivity contribution >= 4 is 27.6 Å². The fraction of sp³-hybridized carbons (Fsp3) is 0.500. The van der Waals surface area contributed by atoms with E-state index in [1.165, 1.54) is 11.6 Å². The molecule has 2 N–H and O–H groups in total. The first-order chi connectivity index (χ1) is 20.3. The average molecular weight is 605 g/mol. The molecule has 0 saturated carbocycles. The summed E-state index contributed by atoms with van der Waals surface area (Å²) < 4.78 is 34.6. The van der Waals surface area contributed by atoms with Crippen LogP contribution in [-0.4, -0.2) is 54.6 Å². The van der Waals surface area contributed by atoms with Crippen molar-refractivity contribution in [3.8, 4) is 0 Å². The lowest BCUT2D eigenvalue weighted by Gasteiger charge is -2.34. The van der Waals surface area contributed by atoms with Crippen LogP contribution in [0.15, 0.2) is 53.7 Å². The van der Waals surface area contributed by atoms with E-state index in [0.29, 0.717) is 43.2 Å². The summed E-state index contributed by atoms with van der Waals surface area (Å²) in [6, 6.07) is 12.2. The molecule has 3 aromatic heterocycles. The number of nitrogens with one attached hydrogen (secondary N) is 2. The minimum atomic E-state index is -4.27. The van der Waals surface area contributed by atoms with Gasteiger partial charge in [-0.3, -0.25) is 9.78 Å². The second-order valence-electron chi connectivity index (χ2n) is 13.6. The summed E-state index contributed by atoms with van der Waals surface area (Å²) in [4.78, 5) is 30.0. The van der Waals surface area contributed by atoms with Gasteiger partial charge in [-0.25, -0.2) is 14.7 Å². The number of hydrogen-bond donors (Lipinski definition) is 2. The van der Waals surface area contributed by atoms with E-state index < -0.39 is 15.9 Å². The predicted molar refractivity (Wildman–Crippen MR) is 165 cm³/mol. The molecule has 1 unspecified atom stereocenters. The number of carbonyl (C=O) groups is 1. The molecule has 2 atom stereocenters. The molecule has 10 nitrogen and oxygen atoms in total. The Morgan fingerprint density at radius 2 is 1.84 bits per heavy atom. The molecule has 6 heterocycles.